The van der Waals surface area contributed by atoms with Crippen molar-refractivity contribution in [2.45, 2.75) is 37.1 Å². The molecule has 2 aliphatic heterocycles. The highest BCUT2D eigenvalue weighted by Gasteiger charge is 2.36. The lowest BCUT2D eigenvalue weighted by atomic mass is 10.1. The van der Waals surface area contributed by atoms with Gasteiger partial charge in [-0.2, -0.15) is 4.31 Å². The van der Waals surface area contributed by atoms with Gasteiger partial charge in [0.15, 0.2) is 0 Å². The molecule has 0 amide bonds. The highest BCUT2D eigenvalue weighted by molar-refractivity contribution is 7.89. The second kappa shape index (κ2) is 6.22. The molecule has 2 heterocycles. The van der Waals surface area contributed by atoms with Gasteiger partial charge in [0.05, 0.1) is 10.5 Å². The number of nitrogens with zero attached hydrogens (tertiary/aromatic N) is 2. The predicted molar refractivity (Wildman–Crippen MR) is 86.1 cm³/mol. The molecular formula is C16H22N2O4S. The molecule has 1 N–H and O–H groups in total. The molecule has 2 fully saturated rings. The molecule has 1 aromatic carbocycles. The molecular weight excluding hydrogens is 316 g/mol. The van der Waals surface area contributed by atoms with E-state index in [-0.39, 0.29) is 16.5 Å². The number of hydrogen-bond donors (Lipinski definition) is 1. The number of likely N-dealkylation sites (tertiary alicyclic amines) is 1. The fraction of sp³-hybridized carbons (Fsp3) is 0.562. The van der Waals surface area contributed by atoms with Crippen LogP contribution in [0.15, 0.2) is 23.1 Å². The van der Waals surface area contributed by atoms with E-state index in [9.17, 15) is 18.3 Å². The van der Waals surface area contributed by atoms with Crippen LogP contribution in [0.3, 0.4) is 0 Å². The highest BCUT2D eigenvalue weighted by atomic mass is 32.2. The van der Waals surface area contributed by atoms with E-state index in [0.717, 1.165) is 19.5 Å². The van der Waals surface area contributed by atoms with Crippen LogP contribution >= 0.6 is 0 Å². The lowest BCUT2D eigenvalue weighted by Crippen LogP contribution is -2.37. The number of rotatable bonds is 4. The Hall–Kier alpha value is -1.44. The Kier molecular flexibility index (Phi) is 4.44. The molecule has 2 aliphatic rings. The van der Waals surface area contributed by atoms with E-state index in [4.69, 9.17) is 0 Å². The number of carboxylic acids is 1. The maximum atomic E-state index is 12.8. The first-order valence-electron chi connectivity index (χ1n) is 7.98. The molecule has 0 aromatic heterocycles. The van der Waals surface area contributed by atoms with Crippen molar-refractivity contribution >= 4 is 16.0 Å². The first-order chi connectivity index (χ1) is 10.9. The molecule has 1 aromatic rings. The minimum atomic E-state index is -3.63. The number of sulfonamides is 1. The van der Waals surface area contributed by atoms with E-state index < -0.39 is 16.0 Å². The van der Waals surface area contributed by atoms with Gasteiger partial charge in [0, 0.05) is 19.1 Å². The van der Waals surface area contributed by atoms with E-state index in [1.807, 2.05) is 0 Å². The Balaban J connectivity index is 1.82. The third-order valence-corrected chi connectivity index (χ3v) is 6.72. The Morgan fingerprint density at radius 3 is 2.57 bits per heavy atom. The lowest BCUT2D eigenvalue weighted by molar-refractivity contribution is 0.0696. The van der Waals surface area contributed by atoms with Crippen LogP contribution in [-0.4, -0.2) is 60.9 Å². The number of aryl methyl sites for hydroxylation is 1. The quantitative estimate of drug-likeness (QED) is 0.901. The van der Waals surface area contributed by atoms with Crippen molar-refractivity contribution in [1.82, 2.24) is 9.21 Å². The molecule has 3 rings (SSSR count). The molecule has 23 heavy (non-hydrogen) atoms. The van der Waals surface area contributed by atoms with E-state index in [0.29, 0.717) is 18.7 Å². The summed E-state index contributed by atoms with van der Waals surface area (Å²) >= 11 is 0. The summed E-state index contributed by atoms with van der Waals surface area (Å²) in [4.78, 5) is 13.7. The van der Waals surface area contributed by atoms with Crippen LogP contribution in [0.4, 0.5) is 0 Å². The summed E-state index contributed by atoms with van der Waals surface area (Å²) < 4.78 is 27.1. The topological polar surface area (TPSA) is 77.9 Å². The minimum absolute atomic E-state index is 0.0429. The summed E-state index contributed by atoms with van der Waals surface area (Å²) in [5.74, 6) is -1.10. The summed E-state index contributed by atoms with van der Waals surface area (Å²) in [7, 11) is -3.63. The zero-order valence-corrected chi connectivity index (χ0v) is 14.1. The van der Waals surface area contributed by atoms with Crippen molar-refractivity contribution in [3.8, 4) is 0 Å². The SMILES string of the molecule is Cc1ccc(S(=O)(=O)N2CCC(N3CCCC3)C2)cc1C(=O)O. The molecule has 7 heteroatoms. The average Bonchev–Trinajstić information content (AvgIpc) is 3.18. The van der Waals surface area contributed by atoms with Crippen molar-refractivity contribution in [1.29, 1.82) is 0 Å². The van der Waals surface area contributed by atoms with Gasteiger partial charge >= 0.3 is 5.97 Å². The zero-order valence-electron chi connectivity index (χ0n) is 13.2. The zero-order chi connectivity index (χ0) is 16.6. The molecule has 0 radical (unpaired) electrons. The van der Waals surface area contributed by atoms with Crippen LogP contribution < -0.4 is 0 Å². The van der Waals surface area contributed by atoms with E-state index in [2.05, 4.69) is 4.90 Å². The maximum absolute atomic E-state index is 12.8. The monoisotopic (exact) mass is 338 g/mol. The van der Waals surface area contributed by atoms with E-state index >= 15 is 0 Å². The Morgan fingerprint density at radius 1 is 1.22 bits per heavy atom. The number of benzene rings is 1. The predicted octanol–water partition coefficient (Wildman–Crippen LogP) is 1.55. The Morgan fingerprint density at radius 2 is 1.91 bits per heavy atom. The minimum Gasteiger partial charge on any atom is -0.478 e. The van der Waals surface area contributed by atoms with Crippen LogP contribution in [0.5, 0.6) is 0 Å². The number of carboxylic acid groups (broad SMARTS) is 1. The van der Waals surface area contributed by atoms with Crippen LogP contribution in [-0.2, 0) is 10.0 Å². The number of carbonyl (C=O) groups is 1. The third kappa shape index (κ3) is 3.13. The van der Waals surface area contributed by atoms with E-state index in [1.165, 1.54) is 29.3 Å². The van der Waals surface area contributed by atoms with Crippen molar-refractivity contribution in [2.24, 2.45) is 0 Å². The first kappa shape index (κ1) is 16.4. The standard InChI is InChI=1S/C16H22N2O4S/c1-12-4-5-14(10-15(12)16(19)20)23(21,22)18-9-6-13(11-18)17-7-2-3-8-17/h4-5,10,13H,2-3,6-9,11H2,1H3,(H,19,20). The van der Waals surface area contributed by atoms with Gasteiger partial charge in [-0.05, 0) is 57.0 Å². The molecule has 0 bridgehead atoms. The van der Waals surface area contributed by atoms with Crippen LogP contribution in [0.1, 0.15) is 35.2 Å². The summed E-state index contributed by atoms with van der Waals surface area (Å²) in [5, 5.41) is 9.19. The summed E-state index contributed by atoms with van der Waals surface area (Å²) in [6.45, 7) is 4.76. The molecule has 2 saturated heterocycles. The van der Waals surface area contributed by atoms with Crippen molar-refractivity contribution in [3.63, 3.8) is 0 Å². The molecule has 0 saturated carbocycles. The van der Waals surface area contributed by atoms with Gasteiger partial charge in [0.1, 0.15) is 0 Å². The van der Waals surface area contributed by atoms with E-state index in [1.54, 1.807) is 13.0 Å². The number of aromatic carboxylic acids is 1. The molecule has 1 unspecified atom stereocenters. The van der Waals surface area contributed by atoms with Gasteiger partial charge in [-0.25, -0.2) is 13.2 Å². The lowest BCUT2D eigenvalue weighted by Gasteiger charge is -2.23. The molecule has 0 aliphatic carbocycles. The molecule has 126 valence electrons. The smallest absolute Gasteiger partial charge is 0.335 e. The Bertz CT molecular complexity index is 711. The molecule has 1 atom stereocenters. The van der Waals surface area contributed by atoms with Gasteiger partial charge in [-0.1, -0.05) is 6.07 Å². The van der Waals surface area contributed by atoms with Gasteiger partial charge in [-0.3, -0.25) is 4.90 Å². The fourth-order valence-electron chi connectivity index (χ4n) is 3.47. The number of hydrogen-bond acceptors (Lipinski definition) is 4. The molecule has 6 nitrogen and oxygen atoms in total. The van der Waals surface area contributed by atoms with Gasteiger partial charge in [0.25, 0.3) is 0 Å². The summed E-state index contributed by atoms with van der Waals surface area (Å²) in [5.41, 5.74) is 0.606. The normalized spacial score (nSPS) is 23.4. The van der Waals surface area contributed by atoms with Crippen LogP contribution in [0.25, 0.3) is 0 Å². The summed E-state index contributed by atoms with van der Waals surface area (Å²) in [6.07, 6.45) is 3.21. The van der Waals surface area contributed by atoms with Gasteiger partial charge < -0.3 is 5.11 Å². The van der Waals surface area contributed by atoms with Crippen molar-refractivity contribution < 1.29 is 18.3 Å². The second-order valence-corrected chi connectivity index (χ2v) is 8.27. The van der Waals surface area contributed by atoms with Crippen molar-refractivity contribution in [2.75, 3.05) is 26.2 Å². The maximum Gasteiger partial charge on any atom is 0.335 e. The largest absolute Gasteiger partial charge is 0.478 e. The average molecular weight is 338 g/mol. The van der Waals surface area contributed by atoms with Crippen LogP contribution in [0, 0.1) is 6.92 Å². The fourth-order valence-corrected chi connectivity index (χ4v) is 4.99. The second-order valence-electron chi connectivity index (χ2n) is 6.33. The third-order valence-electron chi connectivity index (χ3n) is 4.86. The molecule has 0 spiro atoms. The Labute approximate surface area is 136 Å². The van der Waals surface area contributed by atoms with Gasteiger partial charge in [0.2, 0.25) is 10.0 Å². The first-order valence-corrected chi connectivity index (χ1v) is 9.42. The highest BCUT2D eigenvalue weighted by Crippen LogP contribution is 2.26. The van der Waals surface area contributed by atoms with Crippen molar-refractivity contribution in [3.05, 3.63) is 29.3 Å². The summed E-state index contributed by atoms with van der Waals surface area (Å²) in [6, 6.07) is 4.62. The van der Waals surface area contributed by atoms with Crippen LogP contribution in [0.2, 0.25) is 0 Å². The van der Waals surface area contributed by atoms with Gasteiger partial charge in [-0.15, -0.1) is 0 Å².